The van der Waals surface area contributed by atoms with Gasteiger partial charge in [-0.25, -0.2) is 4.98 Å². The largest absolute Gasteiger partial charge is 0.341 e. The number of aryl methyl sites for hydroxylation is 1. The molecule has 2 heterocycles. The first-order valence-corrected chi connectivity index (χ1v) is 8.46. The molecule has 2 aromatic rings. The van der Waals surface area contributed by atoms with Crippen LogP contribution in [-0.4, -0.2) is 36.2 Å². The lowest BCUT2D eigenvalue weighted by atomic mass is 10.2. The SMILES string of the molecule is Cc1cc(Cl)ccc1NC(=S)N1CCN(c2cccc[nH+]2)CC1. The zero-order chi connectivity index (χ0) is 16.2. The molecule has 0 unspecified atom stereocenters. The topological polar surface area (TPSA) is 32.6 Å². The van der Waals surface area contributed by atoms with Gasteiger partial charge in [0.05, 0.1) is 19.3 Å². The van der Waals surface area contributed by atoms with Crippen molar-refractivity contribution in [2.75, 3.05) is 36.4 Å². The van der Waals surface area contributed by atoms with E-state index in [0.29, 0.717) is 0 Å². The number of pyridine rings is 1. The fourth-order valence-electron chi connectivity index (χ4n) is 2.69. The van der Waals surface area contributed by atoms with Crippen molar-refractivity contribution < 1.29 is 4.98 Å². The second-order valence-corrected chi connectivity index (χ2v) is 6.43. The number of halogens is 1. The monoisotopic (exact) mass is 347 g/mol. The van der Waals surface area contributed by atoms with Crippen LogP contribution >= 0.6 is 23.8 Å². The van der Waals surface area contributed by atoms with E-state index >= 15 is 0 Å². The maximum atomic E-state index is 6.00. The van der Waals surface area contributed by atoms with Gasteiger partial charge in [-0.05, 0) is 49.0 Å². The Morgan fingerprint density at radius 2 is 1.96 bits per heavy atom. The summed E-state index contributed by atoms with van der Waals surface area (Å²) in [5.41, 5.74) is 2.11. The van der Waals surface area contributed by atoms with Crippen LogP contribution in [0.5, 0.6) is 0 Å². The van der Waals surface area contributed by atoms with E-state index in [1.54, 1.807) is 0 Å². The average Bonchev–Trinajstić information content (AvgIpc) is 2.58. The molecule has 0 aliphatic carbocycles. The molecule has 3 rings (SSSR count). The van der Waals surface area contributed by atoms with Gasteiger partial charge in [-0.3, -0.25) is 4.90 Å². The summed E-state index contributed by atoms with van der Waals surface area (Å²) in [5, 5.41) is 4.85. The van der Waals surface area contributed by atoms with Crippen molar-refractivity contribution in [2.24, 2.45) is 0 Å². The molecule has 0 saturated carbocycles. The molecule has 4 nitrogen and oxygen atoms in total. The first-order chi connectivity index (χ1) is 11.1. The number of aromatic amines is 1. The van der Waals surface area contributed by atoms with Crippen molar-refractivity contribution in [3.8, 4) is 0 Å². The van der Waals surface area contributed by atoms with Crippen molar-refractivity contribution in [2.45, 2.75) is 6.92 Å². The highest BCUT2D eigenvalue weighted by molar-refractivity contribution is 7.80. The lowest BCUT2D eigenvalue weighted by Crippen LogP contribution is -2.51. The molecule has 1 aliphatic heterocycles. The first kappa shape index (κ1) is 16.0. The number of nitrogens with zero attached hydrogens (tertiary/aromatic N) is 2. The van der Waals surface area contributed by atoms with Crippen molar-refractivity contribution in [1.82, 2.24) is 4.90 Å². The second-order valence-electron chi connectivity index (χ2n) is 5.61. The average molecular weight is 348 g/mol. The van der Waals surface area contributed by atoms with E-state index < -0.39 is 0 Å². The van der Waals surface area contributed by atoms with Crippen LogP contribution < -0.4 is 15.2 Å². The molecule has 1 aliphatic rings. The van der Waals surface area contributed by atoms with Crippen LogP contribution in [0.15, 0.2) is 42.6 Å². The van der Waals surface area contributed by atoms with E-state index in [-0.39, 0.29) is 0 Å². The quantitative estimate of drug-likeness (QED) is 0.847. The minimum Gasteiger partial charge on any atom is -0.341 e. The molecule has 0 bridgehead atoms. The predicted octanol–water partition coefficient (Wildman–Crippen LogP) is 2.98. The number of benzene rings is 1. The van der Waals surface area contributed by atoms with Crippen LogP contribution in [0.4, 0.5) is 11.5 Å². The number of nitrogens with one attached hydrogen (secondary N) is 2. The molecule has 0 radical (unpaired) electrons. The Hall–Kier alpha value is -1.85. The summed E-state index contributed by atoms with van der Waals surface area (Å²) in [5.74, 6) is 1.15. The summed E-state index contributed by atoms with van der Waals surface area (Å²) < 4.78 is 0. The number of anilines is 2. The highest BCUT2D eigenvalue weighted by Crippen LogP contribution is 2.20. The molecule has 1 fully saturated rings. The Labute approximate surface area is 147 Å². The molecule has 1 aromatic carbocycles. The third-order valence-corrected chi connectivity index (χ3v) is 4.63. The highest BCUT2D eigenvalue weighted by atomic mass is 35.5. The summed E-state index contributed by atoms with van der Waals surface area (Å²) in [6, 6.07) is 11.9. The van der Waals surface area contributed by atoms with Gasteiger partial charge in [-0.15, -0.1) is 0 Å². The Bertz CT molecular complexity index is 684. The van der Waals surface area contributed by atoms with E-state index in [1.165, 1.54) is 0 Å². The van der Waals surface area contributed by atoms with E-state index in [1.807, 2.05) is 43.5 Å². The number of hydrogen-bond donors (Lipinski definition) is 1. The van der Waals surface area contributed by atoms with Crippen LogP contribution in [0.2, 0.25) is 5.02 Å². The Kier molecular flexibility index (Phi) is 4.98. The number of hydrogen-bond acceptors (Lipinski definition) is 2. The molecule has 1 aromatic heterocycles. The van der Waals surface area contributed by atoms with Gasteiger partial charge in [0.1, 0.15) is 13.1 Å². The molecular weight excluding hydrogens is 328 g/mol. The third kappa shape index (κ3) is 3.92. The van der Waals surface area contributed by atoms with E-state index in [0.717, 1.165) is 53.4 Å². The molecule has 2 N–H and O–H groups in total. The Morgan fingerprint density at radius 3 is 2.61 bits per heavy atom. The molecule has 120 valence electrons. The van der Waals surface area contributed by atoms with Crippen molar-refractivity contribution in [3.63, 3.8) is 0 Å². The van der Waals surface area contributed by atoms with Gasteiger partial charge in [0.2, 0.25) is 0 Å². The summed E-state index contributed by atoms with van der Waals surface area (Å²) in [6.07, 6.45) is 1.96. The van der Waals surface area contributed by atoms with E-state index in [2.05, 4.69) is 26.2 Å². The van der Waals surface area contributed by atoms with Gasteiger partial charge in [-0.2, -0.15) is 0 Å². The number of H-pyrrole nitrogens is 1. The van der Waals surface area contributed by atoms with Crippen molar-refractivity contribution in [1.29, 1.82) is 0 Å². The van der Waals surface area contributed by atoms with E-state index in [9.17, 15) is 0 Å². The normalized spacial score (nSPS) is 14.7. The highest BCUT2D eigenvalue weighted by Gasteiger charge is 2.24. The van der Waals surface area contributed by atoms with Crippen LogP contribution in [-0.2, 0) is 0 Å². The lowest BCUT2D eigenvalue weighted by molar-refractivity contribution is -0.364. The van der Waals surface area contributed by atoms with Gasteiger partial charge in [-0.1, -0.05) is 17.7 Å². The second kappa shape index (κ2) is 7.15. The summed E-state index contributed by atoms with van der Waals surface area (Å²) in [4.78, 5) is 7.83. The summed E-state index contributed by atoms with van der Waals surface area (Å²) in [7, 11) is 0. The van der Waals surface area contributed by atoms with Gasteiger partial charge in [0, 0.05) is 16.8 Å². The number of piperazine rings is 1. The lowest BCUT2D eigenvalue weighted by Gasteiger charge is -2.33. The van der Waals surface area contributed by atoms with Gasteiger partial charge < -0.3 is 10.2 Å². The zero-order valence-corrected chi connectivity index (χ0v) is 14.6. The molecule has 23 heavy (non-hydrogen) atoms. The first-order valence-electron chi connectivity index (χ1n) is 7.67. The zero-order valence-electron chi connectivity index (χ0n) is 13.1. The standard InChI is InChI=1S/C17H19ClN4S/c1-13-12-14(18)5-6-15(13)20-17(23)22-10-8-21(9-11-22)16-4-2-3-7-19-16/h2-7,12H,8-11H2,1H3,(H,20,23)/p+1. The Morgan fingerprint density at radius 1 is 1.17 bits per heavy atom. The maximum Gasteiger partial charge on any atom is 0.274 e. The fraction of sp³-hybridized carbons (Fsp3) is 0.294. The molecule has 0 atom stereocenters. The number of thiocarbonyl (C=S) groups is 1. The summed E-state index contributed by atoms with van der Waals surface area (Å²) >= 11 is 11.6. The predicted molar refractivity (Wildman–Crippen MR) is 99.2 cm³/mol. The van der Waals surface area contributed by atoms with Crippen LogP contribution in [0.1, 0.15) is 5.56 Å². The fourth-order valence-corrected chi connectivity index (χ4v) is 3.21. The minimum atomic E-state index is 0.742. The molecular formula is C17H20ClN4S+. The van der Waals surface area contributed by atoms with Crippen molar-refractivity contribution in [3.05, 3.63) is 53.2 Å². The third-order valence-electron chi connectivity index (χ3n) is 4.03. The molecule has 6 heteroatoms. The molecule has 1 saturated heterocycles. The summed E-state index contributed by atoms with van der Waals surface area (Å²) in [6.45, 7) is 5.73. The van der Waals surface area contributed by atoms with E-state index in [4.69, 9.17) is 23.8 Å². The van der Waals surface area contributed by atoms with Gasteiger partial charge in [0.25, 0.3) is 5.82 Å². The van der Waals surface area contributed by atoms with Gasteiger partial charge in [0.15, 0.2) is 5.11 Å². The maximum absolute atomic E-state index is 6.00. The number of aromatic nitrogens is 1. The molecule has 0 amide bonds. The van der Waals surface area contributed by atoms with Crippen molar-refractivity contribution >= 4 is 40.4 Å². The smallest absolute Gasteiger partial charge is 0.274 e. The van der Waals surface area contributed by atoms with Crippen LogP contribution in [0, 0.1) is 6.92 Å². The van der Waals surface area contributed by atoms with Crippen LogP contribution in [0.3, 0.4) is 0 Å². The number of rotatable bonds is 2. The molecule has 0 spiro atoms. The minimum absolute atomic E-state index is 0.742. The Balaban J connectivity index is 1.58. The van der Waals surface area contributed by atoms with Gasteiger partial charge >= 0.3 is 0 Å². The van der Waals surface area contributed by atoms with Crippen LogP contribution in [0.25, 0.3) is 0 Å².